The minimum Gasteiger partial charge on any atom is -0.477 e. The van der Waals surface area contributed by atoms with Crippen molar-refractivity contribution in [2.45, 2.75) is 51.2 Å². The molecular weight excluding hydrogens is 274 g/mol. The average molecular weight is 297 g/mol. The fourth-order valence-electron chi connectivity index (χ4n) is 2.89. The molecule has 20 heavy (non-hydrogen) atoms. The van der Waals surface area contributed by atoms with E-state index < -0.39 is 11.6 Å². The molecule has 1 aliphatic rings. The van der Waals surface area contributed by atoms with Gasteiger partial charge in [0.25, 0.3) is 0 Å². The second-order valence-electron chi connectivity index (χ2n) is 5.76. The first-order chi connectivity index (χ1) is 9.54. The maximum atomic E-state index is 11.0. The number of carboxylic acids is 1. The summed E-state index contributed by atoms with van der Waals surface area (Å²) >= 11 is 1.24. The highest BCUT2D eigenvalue weighted by molar-refractivity contribution is 7.12. The van der Waals surface area contributed by atoms with Crippen molar-refractivity contribution in [3.8, 4) is 0 Å². The third-order valence-corrected chi connectivity index (χ3v) is 5.27. The number of carboxylic acid groups (broad SMARTS) is 1. The van der Waals surface area contributed by atoms with Crippen molar-refractivity contribution in [1.82, 2.24) is 5.32 Å². The summed E-state index contributed by atoms with van der Waals surface area (Å²) in [4.78, 5) is 11.4. The van der Waals surface area contributed by atoms with E-state index in [2.05, 4.69) is 12.2 Å². The molecule has 0 spiro atoms. The summed E-state index contributed by atoms with van der Waals surface area (Å²) in [7, 11) is 0. The van der Waals surface area contributed by atoms with Crippen molar-refractivity contribution in [1.29, 1.82) is 0 Å². The summed E-state index contributed by atoms with van der Waals surface area (Å²) in [5, 5.41) is 24.6. The van der Waals surface area contributed by atoms with Gasteiger partial charge in [0.2, 0.25) is 0 Å². The third kappa shape index (κ3) is 3.81. The molecule has 1 aromatic heterocycles. The molecule has 4 nitrogen and oxygen atoms in total. The third-order valence-electron chi connectivity index (χ3n) is 4.32. The van der Waals surface area contributed by atoms with Crippen molar-refractivity contribution >= 4 is 17.3 Å². The highest BCUT2D eigenvalue weighted by Gasteiger charge is 2.32. The lowest BCUT2D eigenvalue weighted by atomic mass is 9.78. The van der Waals surface area contributed by atoms with Crippen molar-refractivity contribution in [2.24, 2.45) is 5.92 Å². The Morgan fingerprint density at radius 3 is 2.80 bits per heavy atom. The van der Waals surface area contributed by atoms with Gasteiger partial charge in [-0.2, -0.15) is 0 Å². The summed E-state index contributed by atoms with van der Waals surface area (Å²) < 4.78 is 0. The van der Waals surface area contributed by atoms with Crippen LogP contribution in [0.5, 0.6) is 0 Å². The first kappa shape index (κ1) is 15.5. The van der Waals surface area contributed by atoms with E-state index in [9.17, 15) is 9.90 Å². The fourth-order valence-corrected chi connectivity index (χ4v) is 3.65. The Balaban J connectivity index is 1.81. The van der Waals surface area contributed by atoms with Crippen molar-refractivity contribution in [3.05, 3.63) is 21.9 Å². The van der Waals surface area contributed by atoms with Crippen LogP contribution in [0.1, 0.15) is 54.3 Å². The van der Waals surface area contributed by atoms with E-state index in [4.69, 9.17) is 5.11 Å². The van der Waals surface area contributed by atoms with Crippen LogP contribution in [0.25, 0.3) is 0 Å². The second kappa shape index (κ2) is 6.70. The molecule has 0 amide bonds. The molecular formula is C15H23NO3S. The number of hydrogen-bond donors (Lipinski definition) is 3. The average Bonchev–Trinajstić information content (AvgIpc) is 2.88. The Bertz CT molecular complexity index is 450. The second-order valence-corrected chi connectivity index (χ2v) is 6.68. The van der Waals surface area contributed by atoms with E-state index in [0.717, 1.165) is 37.2 Å². The van der Waals surface area contributed by atoms with Gasteiger partial charge in [-0.25, -0.2) is 4.79 Å². The number of carbonyl (C=O) groups is 1. The molecule has 3 N–H and O–H groups in total. The van der Waals surface area contributed by atoms with Crippen LogP contribution in [0.2, 0.25) is 0 Å². The van der Waals surface area contributed by atoms with Crippen LogP contribution < -0.4 is 5.32 Å². The molecule has 1 aromatic rings. The highest BCUT2D eigenvalue weighted by atomic mass is 32.1. The molecule has 0 bridgehead atoms. The molecule has 1 fully saturated rings. The van der Waals surface area contributed by atoms with E-state index in [0.29, 0.717) is 18.0 Å². The predicted molar refractivity (Wildman–Crippen MR) is 80.2 cm³/mol. The Kier molecular flexibility index (Phi) is 5.18. The zero-order valence-electron chi connectivity index (χ0n) is 11.9. The minimum atomic E-state index is -0.876. The monoisotopic (exact) mass is 297 g/mol. The largest absolute Gasteiger partial charge is 0.477 e. The smallest absolute Gasteiger partial charge is 0.346 e. The Morgan fingerprint density at radius 1 is 1.50 bits per heavy atom. The topological polar surface area (TPSA) is 69.6 Å². The Morgan fingerprint density at radius 2 is 2.20 bits per heavy atom. The number of aliphatic hydroxyl groups is 1. The van der Waals surface area contributed by atoms with Gasteiger partial charge in [0.05, 0.1) is 5.60 Å². The van der Waals surface area contributed by atoms with Crippen molar-refractivity contribution in [3.63, 3.8) is 0 Å². The van der Waals surface area contributed by atoms with Crippen LogP contribution in [0, 0.1) is 5.92 Å². The summed E-state index contributed by atoms with van der Waals surface area (Å²) in [6.45, 7) is 3.25. The minimum absolute atomic E-state index is 0.388. The van der Waals surface area contributed by atoms with Gasteiger partial charge in [0, 0.05) is 13.1 Å². The molecule has 2 rings (SSSR count). The Hall–Kier alpha value is -0.910. The summed E-state index contributed by atoms with van der Waals surface area (Å²) in [5.41, 5.74) is 0.179. The molecule has 1 saturated carbocycles. The SMILES string of the molecule is CCC1CCC(O)(CNCc2ccsc2C(=O)O)CC1. The zero-order chi connectivity index (χ0) is 14.6. The standard InChI is InChI=1S/C15H23NO3S/c1-2-11-3-6-15(19,7-4-11)10-16-9-12-5-8-20-13(12)14(17)18/h5,8,11,16,19H,2-4,6-7,9-10H2,1H3,(H,17,18). The number of nitrogens with one attached hydrogen (secondary N) is 1. The fraction of sp³-hybridized carbons (Fsp3) is 0.667. The quantitative estimate of drug-likeness (QED) is 0.755. The van der Waals surface area contributed by atoms with Gasteiger partial charge in [-0.1, -0.05) is 13.3 Å². The molecule has 0 aliphatic heterocycles. The molecule has 0 atom stereocenters. The van der Waals surface area contributed by atoms with E-state index in [-0.39, 0.29) is 0 Å². The Labute approximate surface area is 123 Å². The predicted octanol–water partition coefficient (Wildman–Crippen LogP) is 2.87. The molecule has 1 heterocycles. The normalized spacial score (nSPS) is 26.6. The molecule has 0 aromatic carbocycles. The van der Waals surface area contributed by atoms with E-state index in [1.165, 1.54) is 17.8 Å². The van der Waals surface area contributed by atoms with Crippen LogP contribution in [0.15, 0.2) is 11.4 Å². The van der Waals surface area contributed by atoms with E-state index in [1.54, 1.807) is 5.38 Å². The molecule has 0 saturated heterocycles. The number of aromatic carboxylic acids is 1. The van der Waals surface area contributed by atoms with Crippen molar-refractivity contribution in [2.75, 3.05) is 6.54 Å². The number of hydrogen-bond acceptors (Lipinski definition) is 4. The maximum Gasteiger partial charge on any atom is 0.346 e. The lowest BCUT2D eigenvalue weighted by Crippen LogP contribution is -2.43. The maximum absolute atomic E-state index is 11.0. The molecule has 5 heteroatoms. The summed E-state index contributed by atoms with van der Waals surface area (Å²) in [5.74, 6) is -0.121. The van der Waals surface area contributed by atoms with Crippen LogP contribution in [-0.2, 0) is 6.54 Å². The van der Waals surface area contributed by atoms with Gasteiger partial charge in [-0.3, -0.25) is 0 Å². The van der Waals surface area contributed by atoms with Gasteiger partial charge in [0.15, 0.2) is 0 Å². The van der Waals surface area contributed by atoms with Crippen molar-refractivity contribution < 1.29 is 15.0 Å². The van der Waals surface area contributed by atoms with Crippen LogP contribution in [0.3, 0.4) is 0 Å². The lowest BCUT2D eigenvalue weighted by Gasteiger charge is -2.36. The van der Waals surface area contributed by atoms with Crippen LogP contribution in [0.4, 0.5) is 0 Å². The molecule has 0 unspecified atom stereocenters. The molecule has 112 valence electrons. The van der Waals surface area contributed by atoms with Crippen LogP contribution >= 0.6 is 11.3 Å². The number of thiophene rings is 1. The van der Waals surface area contributed by atoms with Gasteiger partial charge in [-0.15, -0.1) is 11.3 Å². The highest BCUT2D eigenvalue weighted by Crippen LogP contribution is 2.33. The lowest BCUT2D eigenvalue weighted by molar-refractivity contribution is -0.00880. The first-order valence-corrected chi connectivity index (χ1v) is 8.15. The summed E-state index contributed by atoms with van der Waals surface area (Å²) in [6.07, 6.45) is 5.06. The van der Waals surface area contributed by atoms with Gasteiger partial charge in [0.1, 0.15) is 4.88 Å². The first-order valence-electron chi connectivity index (χ1n) is 7.27. The van der Waals surface area contributed by atoms with E-state index >= 15 is 0 Å². The van der Waals surface area contributed by atoms with Crippen LogP contribution in [-0.4, -0.2) is 28.3 Å². The van der Waals surface area contributed by atoms with Gasteiger partial charge >= 0.3 is 5.97 Å². The molecule has 1 aliphatic carbocycles. The molecule has 0 radical (unpaired) electrons. The van der Waals surface area contributed by atoms with Gasteiger partial charge in [-0.05, 0) is 48.6 Å². The van der Waals surface area contributed by atoms with Gasteiger partial charge < -0.3 is 15.5 Å². The van der Waals surface area contributed by atoms with E-state index in [1.807, 2.05) is 6.07 Å². The number of rotatable bonds is 6. The summed E-state index contributed by atoms with van der Waals surface area (Å²) in [6, 6.07) is 1.83. The zero-order valence-corrected chi connectivity index (χ0v) is 12.7.